The highest BCUT2D eigenvalue weighted by atomic mass is 16.5. The van der Waals surface area contributed by atoms with E-state index in [1.807, 2.05) is 49.4 Å². The van der Waals surface area contributed by atoms with Crippen LogP contribution >= 0.6 is 0 Å². The van der Waals surface area contributed by atoms with Gasteiger partial charge in [0, 0.05) is 6.08 Å². The third-order valence-electron chi connectivity index (χ3n) is 2.68. The monoisotopic (exact) mass is 283 g/mol. The molecular weight excluding hydrogens is 266 g/mol. The number of benzene rings is 2. The molecule has 1 amide bonds. The predicted molar refractivity (Wildman–Crippen MR) is 82.4 cm³/mol. The number of ether oxygens (including phenoxy) is 2. The van der Waals surface area contributed by atoms with Gasteiger partial charge in [0.1, 0.15) is 5.75 Å². The average molecular weight is 283 g/mol. The largest absolute Gasteiger partial charge is 0.490 e. The number of primary amides is 1. The highest BCUT2D eigenvalue weighted by Crippen LogP contribution is 2.32. The Bertz CT molecular complexity index is 636. The summed E-state index contributed by atoms with van der Waals surface area (Å²) in [5.41, 5.74) is 5.91. The van der Waals surface area contributed by atoms with Crippen LogP contribution in [0.25, 0.3) is 6.08 Å². The average Bonchev–Trinajstić information content (AvgIpc) is 2.48. The molecule has 0 spiro atoms. The lowest BCUT2D eigenvalue weighted by Crippen LogP contribution is -2.05. The number of carbonyl (C=O) groups excluding carboxylic acids is 1. The molecule has 0 bridgehead atoms. The van der Waals surface area contributed by atoms with E-state index < -0.39 is 5.91 Å². The van der Waals surface area contributed by atoms with Gasteiger partial charge in [-0.15, -0.1) is 0 Å². The standard InChI is InChI=1S/C17H17NO3/c1-2-20-15-10-8-13(9-11-17(18)19)12-16(15)21-14-6-4-3-5-7-14/h3-12H,2H2,1H3,(H2,18,19). The molecule has 21 heavy (non-hydrogen) atoms. The first-order chi connectivity index (χ1) is 10.2. The summed E-state index contributed by atoms with van der Waals surface area (Å²) in [5.74, 6) is 1.47. The fraction of sp³-hybridized carbons (Fsp3) is 0.118. The van der Waals surface area contributed by atoms with Gasteiger partial charge in [-0.2, -0.15) is 0 Å². The molecule has 4 nitrogen and oxygen atoms in total. The first-order valence-corrected chi connectivity index (χ1v) is 6.66. The Labute approximate surface area is 123 Å². The number of carbonyl (C=O) groups is 1. The highest BCUT2D eigenvalue weighted by molar-refractivity contribution is 5.90. The molecule has 0 radical (unpaired) electrons. The minimum absolute atomic E-state index is 0.491. The van der Waals surface area contributed by atoms with Crippen LogP contribution in [0.2, 0.25) is 0 Å². The number of para-hydroxylation sites is 1. The Balaban J connectivity index is 2.30. The molecule has 2 rings (SSSR count). The second-order valence-corrected chi connectivity index (χ2v) is 4.29. The molecule has 0 atom stereocenters. The van der Waals surface area contributed by atoms with E-state index in [4.69, 9.17) is 15.2 Å². The molecule has 0 aromatic heterocycles. The minimum Gasteiger partial charge on any atom is -0.490 e. The van der Waals surface area contributed by atoms with Crippen molar-refractivity contribution in [3.63, 3.8) is 0 Å². The third kappa shape index (κ3) is 4.38. The number of rotatable bonds is 6. The first-order valence-electron chi connectivity index (χ1n) is 6.66. The van der Waals surface area contributed by atoms with Crippen LogP contribution in [-0.2, 0) is 4.79 Å². The van der Waals surface area contributed by atoms with Crippen molar-refractivity contribution in [2.75, 3.05) is 6.61 Å². The van der Waals surface area contributed by atoms with E-state index >= 15 is 0 Å². The number of amides is 1. The van der Waals surface area contributed by atoms with Gasteiger partial charge in [0.05, 0.1) is 6.61 Å². The van der Waals surface area contributed by atoms with E-state index in [0.29, 0.717) is 18.1 Å². The lowest BCUT2D eigenvalue weighted by Gasteiger charge is -2.12. The van der Waals surface area contributed by atoms with Crippen molar-refractivity contribution in [1.29, 1.82) is 0 Å². The Kier molecular flexibility index (Phi) is 4.99. The minimum atomic E-state index is -0.491. The summed E-state index contributed by atoms with van der Waals surface area (Å²) < 4.78 is 11.4. The zero-order valence-corrected chi connectivity index (χ0v) is 11.8. The van der Waals surface area contributed by atoms with Crippen molar-refractivity contribution >= 4 is 12.0 Å². The van der Waals surface area contributed by atoms with Gasteiger partial charge in [0.2, 0.25) is 5.91 Å². The van der Waals surface area contributed by atoms with Crippen LogP contribution in [0.5, 0.6) is 17.2 Å². The summed E-state index contributed by atoms with van der Waals surface area (Å²) in [7, 11) is 0. The molecule has 0 saturated heterocycles. The molecule has 0 heterocycles. The SMILES string of the molecule is CCOc1ccc(C=CC(N)=O)cc1Oc1ccccc1. The van der Waals surface area contributed by atoms with Crippen LogP contribution in [0.15, 0.2) is 54.6 Å². The van der Waals surface area contributed by atoms with Crippen molar-refractivity contribution in [1.82, 2.24) is 0 Å². The maximum Gasteiger partial charge on any atom is 0.241 e. The third-order valence-corrected chi connectivity index (χ3v) is 2.68. The zero-order chi connectivity index (χ0) is 15.1. The maximum absolute atomic E-state index is 10.8. The van der Waals surface area contributed by atoms with Crippen LogP contribution in [0, 0.1) is 0 Å². The smallest absolute Gasteiger partial charge is 0.241 e. The van der Waals surface area contributed by atoms with Crippen molar-refractivity contribution in [2.24, 2.45) is 5.73 Å². The van der Waals surface area contributed by atoms with E-state index in [1.165, 1.54) is 6.08 Å². The van der Waals surface area contributed by atoms with Gasteiger partial charge in [-0.3, -0.25) is 4.79 Å². The lowest BCUT2D eigenvalue weighted by molar-refractivity contribution is -0.113. The van der Waals surface area contributed by atoms with Crippen LogP contribution in [0.3, 0.4) is 0 Å². The Morgan fingerprint density at radius 2 is 1.90 bits per heavy atom. The van der Waals surface area contributed by atoms with Crippen molar-refractivity contribution in [2.45, 2.75) is 6.92 Å². The second-order valence-electron chi connectivity index (χ2n) is 4.29. The number of hydrogen-bond donors (Lipinski definition) is 1. The summed E-state index contributed by atoms with van der Waals surface area (Å²) in [6.07, 6.45) is 2.94. The molecule has 2 aromatic carbocycles. The summed E-state index contributed by atoms with van der Waals surface area (Å²) in [5, 5.41) is 0. The molecule has 0 aliphatic heterocycles. The van der Waals surface area contributed by atoms with Crippen molar-refractivity contribution < 1.29 is 14.3 Å². The second kappa shape index (κ2) is 7.14. The molecule has 0 saturated carbocycles. The van der Waals surface area contributed by atoms with E-state index in [2.05, 4.69) is 0 Å². The zero-order valence-electron chi connectivity index (χ0n) is 11.8. The van der Waals surface area contributed by atoms with Crippen LogP contribution in [0.1, 0.15) is 12.5 Å². The summed E-state index contributed by atoms with van der Waals surface area (Å²) in [6, 6.07) is 14.9. The van der Waals surface area contributed by atoms with E-state index in [-0.39, 0.29) is 0 Å². The first kappa shape index (κ1) is 14.7. The highest BCUT2D eigenvalue weighted by Gasteiger charge is 2.07. The Hall–Kier alpha value is -2.75. The molecule has 0 aliphatic carbocycles. The van der Waals surface area contributed by atoms with Crippen LogP contribution < -0.4 is 15.2 Å². The Morgan fingerprint density at radius 1 is 1.14 bits per heavy atom. The van der Waals surface area contributed by atoms with E-state index in [9.17, 15) is 4.79 Å². The molecule has 108 valence electrons. The van der Waals surface area contributed by atoms with Crippen molar-refractivity contribution in [3.05, 3.63) is 60.2 Å². The van der Waals surface area contributed by atoms with Gasteiger partial charge >= 0.3 is 0 Å². The van der Waals surface area contributed by atoms with Crippen molar-refractivity contribution in [3.8, 4) is 17.2 Å². The topological polar surface area (TPSA) is 61.5 Å². The number of nitrogens with two attached hydrogens (primary N) is 1. The van der Waals surface area contributed by atoms with Gasteiger partial charge in [0.15, 0.2) is 11.5 Å². The normalized spacial score (nSPS) is 10.5. The van der Waals surface area contributed by atoms with Crippen LogP contribution in [-0.4, -0.2) is 12.5 Å². The summed E-state index contributed by atoms with van der Waals surface area (Å²) >= 11 is 0. The van der Waals surface area contributed by atoms with E-state index in [0.717, 1.165) is 11.3 Å². The predicted octanol–water partition coefficient (Wildman–Crippen LogP) is 3.38. The fourth-order valence-electron chi connectivity index (χ4n) is 1.78. The lowest BCUT2D eigenvalue weighted by atomic mass is 10.2. The number of hydrogen-bond acceptors (Lipinski definition) is 3. The molecule has 2 aromatic rings. The molecule has 0 unspecified atom stereocenters. The molecule has 2 N–H and O–H groups in total. The van der Waals surface area contributed by atoms with E-state index in [1.54, 1.807) is 12.1 Å². The van der Waals surface area contributed by atoms with Crippen LogP contribution in [0.4, 0.5) is 0 Å². The van der Waals surface area contributed by atoms with Gasteiger partial charge in [-0.25, -0.2) is 0 Å². The fourth-order valence-corrected chi connectivity index (χ4v) is 1.78. The summed E-state index contributed by atoms with van der Waals surface area (Å²) in [6.45, 7) is 2.45. The quantitative estimate of drug-likeness (QED) is 0.827. The Morgan fingerprint density at radius 3 is 2.57 bits per heavy atom. The van der Waals surface area contributed by atoms with Gasteiger partial charge < -0.3 is 15.2 Å². The molecule has 0 fully saturated rings. The summed E-state index contributed by atoms with van der Waals surface area (Å²) in [4.78, 5) is 10.8. The maximum atomic E-state index is 10.8. The molecular formula is C17H17NO3. The van der Waals surface area contributed by atoms with Gasteiger partial charge in [0.25, 0.3) is 0 Å². The van der Waals surface area contributed by atoms with Gasteiger partial charge in [-0.05, 0) is 42.8 Å². The molecule has 4 heteroatoms. The molecule has 0 aliphatic rings. The van der Waals surface area contributed by atoms with Gasteiger partial charge in [-0.1, -0.05) is 24.3 Å².